The van der Waals surface area contributed by atoms with Crippen molar-refractivity contribution in [1.29, 1.82) is 0 Å². The maximum absolute atomic E-state index is 9.67. The van der Waals surface area contributed by atoms with Gasteiger partial charge in [0.1, 0.15) is 6.10 Å². The Morgan fingerprint density at radius 2 is 1.70 bits per heavy atom. The second-order valence-corrected chi connectivity index (χ2v) is 5.12. The molecule has 3 N–H and O–H groups in total. The van der Waals surface area contributed by atoms with Crippen LogP contribution in [-0.2, 0) is 0 Å². The van der Waals surface area contributed by atoms with Gasteiger partial charge in [0.2, 0.25) is 0 Å². The minimum absolute atomic E-state index is 0.332. The highest BCUT2D eigenvalue weighted by molar-refractivity contribution is 5.22. The van der Waals surface area contributed by atoms with Gasteiger partial charge in [-0.2, -0.15) is 0 Å². The molecule has 3 unspecified atom stereocenters. The molecule has 0 aromatic rings. The monoisotopic (exact) mass is 316 g/mol. The number of aliphatic hydroxyl groups excluding tert-OH is 3. The van der Waals surface area contributed by atoms with Crippen LogP contribution in [0.4, 0.5) is 0 Å². The lowest BCUT2D eigenvalue weighted by atomic mass is 10.2. The highest BCUT2D eigenvalue weighted by Crippen LogP contribution is 1.98. The second-order valence-electron chi connectivity index (χ2n) is 5.12. The van der Waals surface area contributed by atoms with Crippen molar-refractivity contribution in [3.05, 3.63) is 36.5 Å². The molecule has 3 nitrogen and oxygen atoms in total. The summed E-state index contributed by atoms with van der Waals surface area (Å²) < 4.78 is 0. The van der Waals surface area contributed by atoms with Crippen LogP contribution in [0.5, 0.6) is 0 Å². The fraction of sp³-hybridized carbons (Fsp3) is 0.500. The fourth-order valence-electron chi connectivity index (χ4n) is 1.50. The summed E-state index contributed by atoms with van der Waals surface area (Å²) in [4.78, 5) is 0. The number of unbranched alkanes of at least 4 members (excludes halogenated alkanes) is 1. The van der Waals surface area contributed by atoms with E-state index in [0.717, 1.165) is 12.8 Å². The molecule has 0 fully saturated rings. The first-order chi connectivity index (χ1) is 11.1. The third kappa shape index (κ3) is 14.9. The minimum atomic E-state index is -0.639. The third-order valence-electron chi connectivity index (χ3n) is 2.94. The van der Waals surface area contributed by atoms with E-state index >= 15 is 0 Å². The molecule has 0 aromatic heterocycles. The van der Waals surface area contributed by atoms with Crippen LogP contribution in [0.3, 0.4) is 0 Å². The molecule has 0 aliphatic rings. The number of hydrogen-bond acceptors (Lipinski definition) is 3. The molecule has 3 heteroatoms. The Hall–Kier alpha value is -1.78. The van der Waals surface area contributed by atoms with Crippen LogP contribution >= 0.6 is 0 Å². The topological polar surface area (TPSA) is 60.7 Å². The summed E-state index contributed by atoms with van der Waals surface area (Å²) in [6.45, 7) is 3.96. The van der Waals surface area contributed by atoms with E-state index < -0.39 is 18.3 Å². The Morgan fingerprint density at radius 3 is 2.39 bits per heavy atom. The highest BCUT2D eigenvalue weighted by atomic mass is 16.3. The van der Waals surface area contributed by atoms with Crippen molar-refractivity contribution in [2.75, 3.05) is 0 Å². The zero-order chi connectivity index (χ0) is 17.3. The maximum atomic E-state index is 9.67. The summed E-state index contributed by atoms with van der Waals surface area (Å²) in [5.74, 6) is 11.1. The lowest BCUT2D eigenvalue weighted by Crippen LogP contribution is -2.01. The van der Waals surface area contributed by atoms with Gasteiger partial charge in [-0.25, -0.2) is 0 Å². The molecule has 0 radical (unpaired) electrons. The Balaban J connectivity index is 4.03. The molecule has 0 rings (SSSR count). The summed E-state index contributed by atoms with van der Waals surface area (Å²) in [6.07, 6.45) is 12.0. The molecule has 0 aromatic carbocycles. The van der Waals surface area contributed by atoms with Crippen molar-refractivity contribution in [1.82, 2.24) is 0 Å². The van der Waals surface area contributed by atoms with E-state index in [1.165, 1.54) is 0 Å². The molecule has 0 amide bonds. The SMILES string of the molecule is CCCCC(O)C#C/C=C/C=C/C(O)CC#C/C=C/C(O)CC. The summed E-state index contributed by atoms with van der Waals surface area (Å²) >= 11 is 0. The normalized spacial score (nSPS) is 15.2. The van der Waals surface area contributed by atoms with E-state index in [0.29, 0.717) is 19.3 Å². The molecule has 126 valence electrons. The van der Waals surface area contributed by atoms with Gasteiger partial charge in [0, 0.05) is 6.42 Å². The third-order valence-corrected chi connectivity index (χ3v) is 2.94. The van der Waals surface area contributed by atoms with Crippen molar-refractivity contribution in [3.8, 4) is 23.7 Å². The Labute approximate surface area is 140 Å². The number of rotatable bonds is 8. The lowest BCUT2D eigenvalue weighted by Gasteiger charge is -1.98. The number of aliphatic hydroxyl groups is 3. The largest absolute Gasteiger partial charge is 0.389 e. The fourth-order valence-corrected chi connectivity index (χ4v) is 1.50. The van der Waals surface area contributed by atoms with E-state index in [9.17, 15) is 15.3 Å². The van der Waals surface area contributed by atoms with Crippen LogP contribution in [-0.4, -0.2) is 33.6 Å². The molecular weight excluding hydrogens is 288 g/mol. The van der Waals surface area contributed by atoms with E-state index in [1.807, 2.05) is 6.92 Å². The lowest BCUT2D eigenvalue weighted by molar-refractivity contribution is 0.218. The number of hydrogen-bond donors (Lipinski definition) is 3. The van der Waals surface area contributed by atoms with Crippen LogP contribution < -0.4 is 0 Å². The molecule has 0 saturated carbocycles. The van der Waals surface area contributed by atoms with E-state index in [2.05, 4.69) is 30.6 Å². The predicted molar refractivity (Wildman–Crippen MR) is 95.4 cm³/mol. The first-order valence-electron chi connectivity index (χ1n) is 8.13. The van der Waals surface area contributed by atoms with Gasteiger partial charge in [-0.1, -0.05) is 68.6 Å². The molecule has 23 heavy (non-hydrogen) atoms. The first-order valence-corrected chi connectivity index (χ1v) is 8.13. The molecule has 0 aliphatic heterocycles. The van der Waals surface area contributed by atoms with Gasteiger partial charge < -0.3 is 15.3 Å². The van der Waals surface area contributed by atoms with Crippen LogP contribution in [0, 0.1) is 23.7 Å². The summed E-state index contributed by atoms with van der Waals surface area (Å²) in [7, 11) is 0. The van der Waals surface area contributed by atoms with Crippen LogP contribution in [0.15, 0.2) is 36.5 Å². The van der Waals surface area contributed by atoms with E-state index in [4.69, 9.17) is 0 Å². The van der Waals surface area contributed by atoms with Crippen LogP contribution in [0.2, 0.25) is 0 Å². The molecule has 0 bridgehead atoms. The summed E-state index contributed by atoms with van der Waals surface area (Å²) in [5, 5.41) is 28.5. The molecule has 0 aliphatic carbocycles. The average Bonchev–Trinajstić information content (AvgIpc) is 2.55. The van der Waals surface area contributed by atoms with Gasteiger partial charge in [-0.05, 0) is 31.1 Å². The standard InChI is InChI=1S/C20H28O3/c1-3-5-13-19(22)15-9-6-7-10-16-20(23)17-12-8-11-14-18(21)4-2/h6-7,10-11,14,16,18-23H,3-5,13,17H2,1-2H3/b7-6+,14-11+,16-10+. The Bertz CT molecular complexity index is 494. The zero-order valence-electron chi connectivity index (χ0n) is 14.1. The summed E-state index contributed by atoms with van der Waals surface area (Å²) in [5.41, 5.74) is 0. The second kappa shape index (κ2) is 15.1. The summed E-state index contributed by atoms with van der Waals surface area (Å²) in [6, 6.07) is 0. The van der Waals surface area contributed by atoms with E-state index in [1.54, 1.807) is 36.5 Å². The molecule has 3 atom stereocenters. The molecule has 0 heterocycles. The van der Waals surface area contributed by atoms with Gasteiger partial charge in [-0.3, -0.25) is 0 Å². The van der Waals surface area contributed by atoms with Crippen molar-refractivity contribution in [2.45, 2.75) is 64.3 Å². The van der Waals surface area contributed by atoms with Gasteiger partial charge in [-0.15, -0.1) is 0 Å². The van der Waals surface area contributed by atoms with Crippen molar-refractivity contribution in [2.24, 2.45) is 0 Å². The van der Waals surface area contributed by atoms with Crippen molar-refractivity contribution in [3.63, 3.8) is 0 Å². The molecular formula is C20H28O3. The smallest absolute Gasteiger partial charge is 0.115 e. The Morgan fingerprint density at radius 1 is 0.913 bits per heavy atom. The van der Waals surface area contributed by atoms with Crippen molar-refractivity contribution >= 4 is 0 Å². The predicted octanol–water partition coefficient (Wildman–Crippen LogP) is 2.73. The van der Waals surface area contributed by atoms with Gasteiger partial charge >= 0.3 is 0 Å². The maximum Gasteiger partial charge on any atom is 0.115 e. The van der Waals surface area contributed by atoms with Gasteiger partial charge in [0.05, 0.1) is 12.2 Å². The van der Waals surface area contributed by atoms with Gasteiger partial charge in [0.15, 0.2) is 0 Å². The van der Waals surface area contributed by atoms with E-state index in [-0.39, 0.29) is 0 Å². The Kier molecular flexibility index (Phi) is 14.0. The van der Waals surface area contributed by atoms with Crippen molar-refractivity contribution < 1.29 is 15.3 Å². The van der Waals surface area contributed by atoms with Crippen LogP contribution in [0.25, 0.3) is 0 Å². The highest BCUT2D eigenvalue weighted by Gasteiger charge is 1.95. The first kappa shape index (κ1) is 21.2. The zero-order valence-corrected chi connectivity index (χ0v) is 14.1. The molecule has 0 spiro atoms. The minimum Gasteiger partial charge on any atom is -0.389 e. The molecule has 0 saturated heterocycles. The van der Waals surface area contributed by atoms with Gasteiger partial charge in [0.25, 0.3) is 0 Å². The average molecular weight is 316 g/mol. The quantitative estimate of drug-likeness (QED) is 0.477. The van der Waals surface area contributed by atoms with Crippen LogP contribution in [0.1, 0.15) is 46.0 Å². The number of allylic oxidation sites excluding steroid dienone is 4.